The third-order valence-corrected chi connectivity index (χ3v) is 3.20. The van der Waals surface area contributed by atoms with Crippen LogP contribution in [0.1, 0.15) is 37.1 Å². The van der Waals surface area contributed by atoms with Crippen molar-refractivity contribution in [3.8, 4) is 5.75 Å². The number of phenols is 1. The van der Waals surface area contributed by atoms with Gasteiger partial charge in [-0.25, -0.2) is 0 Å². The molecule has 0 aromatic heterocycles. The molecule has 0 bridgehead atoms. The van der Waals surface area contributed by atoms with Gasteiger partial charge in [-0.3, -0.25) is 0 Å². The summed E-state index contributed by atoms with van der Waals surface area (Å²) in [5.74, 6) is 0.345. The van der Waals surface area contributed by atoms with Crippen LogP contribution in [0.2, 0.25) is 0 Å². The first-order valence-electron chi connectivity index (χ1n) is 6.27. The Bertz CT molecular complexity index is 501. The largest absolute Gasteiger partial charge is 0.508 e. The van der Waals surface area contributed by atoms with Crippen LogP contribution in [0.4, 0.5) is 0 Å². The first-order chi connectivity index (χ1) is 8.68. The summed E-state index contributed by atoms with van der Waals surface area (Å²) in [6, 6.07) is 18.1. The number of hydrogen-bond donors (Lipinski definition) is 2. The maximum absolute atomic E-state index is 9.82. The number of aromatic hydroxyl groups is 1. The van der Waals surface area contributed by atoms with Crippen molar-refractivity contribution in [2.75, 3.05) is 0 Å². The van der Waals surface area contributed by atoms with E-state index in [4.69, 9.17) is 0 Å². The molecule has 2 nitrogen and oxygen atoms in total. The minimum absolute atomic E-state index is 0. The second-order valence-corrected chi connectivity index (χ2v) is 4.58. The zero-order valence-electron chi connectivity index (χ0n) is 11.2. The normalized spacial score (nSPS) is 13.4. The van der Waals surface area contributed by atoms with Crippen LogP contribution in [0.5, 0.6) is 5.75 Å². The highest BCUT2D eigenvalue weighted by molar-refractivity contribution is 5.85. The van der Waals surface area contributed by atoms with Crippen LogP contribution in [0.15, 0.2) is 54.6 Å². The van der Waals surface area contributed by atoms with Crippen molar-refractivity contribution in [3.05, 3.63) is 65.7 Å². The van der Waals surface area contributed by atoms with Crippen LogP contribution in [0.3, 0.4) is 0 Å². The molecule has 0 saturated carbocycles. The molecule has 0 radical (unpaired) electrons. The van der Waals surface area contributed by atoms with Gasteiger partial charge in [0, 0.05) is 17.6 Å². The predicted molar refractivity (Wildman–Crippen MR) is 81.8 cm³/mol. The molecule has 2 N–H and O–H groups in total. The van der Waals surface area contributed by atoms with Gasteiger partial charge in [-0.1, -0.05) is 48.5 Å². The van der Waals surface area contributed by atoms with E-state index in [2.05, 4.69) is 31.3 Å². The average Bonchev–Trinajstić information content (AvgIpc) is 2.40. The molecule has 0 fully saturated rings. The minimum Gasteiger partial charge on any atom is -0.508 e. The molecular weight excluding hydrogens is 258 g/mol. The fraction of sp³-hybridized carbons (Fsp3) is 0.250. The second kappa shape index (κ2) is 7.17. The third kappa shape index (κ3) is 3.98. The Morgan fingerprint density at radius 1 is 0.842 bits per heavy atom. The molecule has 2 aromatic carbocycles. The lowest BCUT2D eigenvalue weighted by atomic mass is 10.0. The monoisotopic (exact) mass is 277 g/mol. The van der Waals surface area contributed by atoms with Gasteiger partial charge in [0.1, 0.15) is 5.75 Å². The Labute approximate surface area is 120 Å². The molecule has 0 aliphatic rings. The Kier molecular flexibility index (Phi) is 5.87. The lowest BCUT2D eigenvalue weighted by Crippen LogP contribution is -2.22. The number of halogens is 1. The van der Waals surface area contributed by atoms with Crippen LogP contribution >= 0.6 is 12.4 Å². The van der Waals surface area contributed by atoms with E-state index in [0.29, 0.717) is 5.75 Å². The van der Waals surface area contributed by atoms with Crippen molar-refractivity contribution >= 4 is 12.4 Å². The second-order valence-electron chi connectivity index (χ2n) is 4.58. The van der Waals surface area contributed by atoms with Gasteiger partial charge < -0.3 is 10.4 Å². The summed E-state index contributed by atoms with van der Waals surface area (Å²) in [7, 11) is 0. The number of para-hydroxylation sites is 1. The summed E-state index contributed by atoms with van der Waals surface area (Å²) in [6.07, 6.45) is 0. The number of phenolic OH excluding ortho intramolecular Hbond substituents is 1. The Hall–Kier alpha value is -1.51. The van der Waals surface area contributed by atoms with Crippen molar-refractivity contribution in [2.45, 2.75) is 25.9 Å². The molecule has 3 heteroatoms. The Morgan fingerprint density at radius 3 is 2.05 bits per heavy atom. The lowest BCUT2D eigenvalue weighted by molar-refractivity contribution is 0.438. The van der Waals surface area contributed by atoms with Crippen LogP contribution < -0.4 is 5.32 Å². The average molecular weight is 278 g/mol. The summed E-state index contributed by atoms with van der Waals surface area (Å²) in [5, 5.41) is 13.3. The molecule has 0 aliphatic heterocycles. The highest BCUT2D eigenvalue weighted by atomic mass is 35.5. The van der Waals surface area contributed by atoms with Crippen LogP contribution in [0.25, 0.3) is 0 Å². The first-order valence-corrected chi connectivity index (χ1v) is 6.27. The number of rotatable bonds is 4. The molecule has 102 valence electrons. The SMILES string of the molecule is CC(NC(C)c1ccccc1O)c1ccccc1.Cl. The van der Waals surface area contributed by atoms with Gasteiger partial charge in [0.2, 0.25) is 0 Å². The summed E-state index contributed by atoms with van der Waals surface area (Å²) in [6.45, 7) is 4.19. The molecule has 19 heavy (non-hydrogen) atoms. The molecule has 0 aliphatic carbocycles. The number of hydrogen-bond acceptors (Lipinski definition) is 2. The quantitative estimate of drug-likeness (QED) is 0.877. The molecule has 2 aromatic rings. The fourth-order valence-electron chi connectivity index (χ4n) is 2.16. The van der Waals surface area contributed by atoms with E-state index < -0.39 is 0 Å². The topological polar surface area (TPSA) is 32.3 Å². The van der Waals surface area contributed by atoms with Crippen molar-refractivity contribution in [1.82, 2.24) is 5.32 Å². The van der Waals surface area contributed by atoms with Crippen LogP contribution in [-0.4, -0.2) is 5.11 Å². The third-order valence-electron chi connectivity index (χ3n) is 3.20. The molecule has 0 saturated heterocycles. The molecule has 0 spiro atoms. The Balaban J connectivity index is 0.00000180. The van der Waals surface area contributed by atoms with E-state index in [1.807, 2.05) is 36.4 Å². The Morgan fingerprint density at radius 2 is 1.42 bits per heavy atom. The number of nitrogens with one attached hydrogen (secondary N) is 1. The van der Waals surface area contributed by atoms with Crippen molar-refractivity contribution in [2.24, 2.45) is 0 Å². The van der Waals surface area contributed by atoms with Crippen LogP contribution in [0, 0.1) is 0 Å². The first kappa shape index (κ1) is 15.5. The van der Waals surface area contributed by atoms with E-state index >= 15 is 0 Å². The smallest absolute Gasteiger partial charge is 0.120 e. The summed E-state index contributed by atoms with van der Waals surface area (Å²) in [4.78, 5) is 0. The zero-order chi connectivity index (χ0) is 13.0. The maximum atomic E-state index is 9.82. The number of benzene rings is 2. The summed E-state index contributed by atoms with van der Waals surface area (Å²) >= 11 is 0. The van der Waals surface area contributed by atoms with E-state index in [1.165, 1.54) is 5.56 Å². The molecule has 2 rings (SSSR count). The van der Waals surface area contributed by atoms with Crippen molar-refractivity contribution < 1.29 is 5.11 Å². The van der Waals surface area contributed by atoms with Crippen LogP contribution in [-0.2, 0) is 0 Å². The summed E-state index contributed by atoms with van der Waals surface area (Å²) < 4.78 is 0. The van der Waals surface area contributed by atoms with Gasteiger partial charge in [-0.15, -0.1) is 12.4 Å². The van der Waals surface area contributed by atoms with E-state index in [9.17, 15) is 5.11 Å². The van der Waals surface area contributed by atoms with Gasteiger partial charge in [-0.2, -0.15) is 0 Å². The highest BCUT2D eigenvalue weighted by Gasteiger charge is 2.13. The van der Waals surface area contributed by atoms with Crippen molar-refractivity contribution in [1.29, 1.82) is 0 Å². The van der Waals surface area contributed by atoms with Crippen molar-refractivity contribution in [3.63, 3.8) is 0 Å². The zero-order valence-corrected chi connectivity index (χ0v) is 12.0. The maximum Gasteiger partial charge on any atom is 0.120 e. The highest BCUT2D eigenvalue weighted by Crippen LogP contribution is 2.25. The summed E-state index contributed by atoms with van der Waals surface area (Å²) in [5.41, 5.74) is 2.18. The van der Waals surface area contributed by atoms with Gasteiger partial charge in [0.05, 0.1) is 0 Å². The van der Waals surface area contributed by atoms with E-state index in [1.54, 1.807) is 6.07 Å². The molecule has 0 heterocycles. The predicted octanol–water partition coefficient (Wildman–Crippen LogP) is 4.23. The van der Waals surface area contributed by atoms with Gasteiger partial charge >= 0.3 is 0 Å². The molecular formula is C16H20ClNO. The van der Waals surface area contributed by atoms with Gasteiger partial charge in [-0.05, 0) is 25.5 Å². The van der Waals surface area contributed by atoms with Gasteiger partial charge in [0.15, 0.2) is 0 Å². The fourth-order valence-corrected chi connectivity index (χ4v) is 2.16. The van der Waals surface area contributed by atoms with E-state index in [-0.39, 0.29) is 24.5 Å². The molecule has 2 unspecified atom stereocenters. The standard InChI is InChI=1S/C16H19NO.ClH/c1-12(14-8-4-3-5-9-14)17-13(2)15-10-6-7-11-16(15)18;/h3-13,17-18H,1-2H3;1H. The molecule has 0 amide bonds. The lowest BCUT2D eigenvalue weighted by Gasteiger charge is -2.21. The van der Waals surface area contributed by atoms with E-state index in [0.717, 1.165) is 5.56 Å². The minimum atomic E-state index is 0. The molecule has 2 atom stereocenters. The van der Waals surface area contributed by atoms with Gasteiger partial charge in [0.25, 0.3) is 0 Å².